The second-order valence-electron chi connectivity index (χ2n) is 6.41. The minimum Gasteiger partial charge on any atom is -0.322 e. The minimum absolute atomic E-state index is 0.130. The Hall–Kier alpha value is -4.04. The van der Waals surface area contributed by atoms with Gasteiger partial charge in [-0.2, -0.15) is 0 Å². The van der Waals surface area contributed by atoms with Crippen molar-refractivity contribution in [1.29, 1.82) is 0 Å². The Morgan fingerprint density at radius 1 is 0.933 bits per heavy atom. The van der Waals surface area contributed by atoms with Crippen molar-refractivity contribution < 1.29 is 19.3 Å². The van der Waals surface area contributed by atoms with Gasteiger partial charge < -0.3 is 5.32 Å². The summed E-state index contributed by atoms with van der Waals surface area (Å²) in [5, 5.41) is 13.9. The van der Waals surface area contributed by atoms with Gasteiger partial charge in [0.15, 0.2) is 0 Å². The van der Waals surface area contributed by atoms with Crippen LogP contribution in [0.1, 0.15) is 31.1 Å². The van der Waals surface area contributed by atoms with Gasteiger partial charge in [-0.05, 0) is 42.5 Å². The monoisotopic (exact) mass is 421 g/mol. The number of imide groups is 1. The zero-order valence-electron chi connectivity index (χ0n) is 15.2. The summed E-state index contributed by atoms with van der Waals surface area (Å²) in [6, 6.07) is 16.3. The number of nitro groups is 1. The zero-order valence-corrected chi connectivity index (χ0v) is 15.9. The first kappa shape index (κ1) is 19.3. The number of hydrogen-bond donors (Lipinski definition) is 1. The standard InChI is InChI=1S/C21H12ClN3O5/c22-12-8-9-17(18(10-12)25(29)30)19(26)23-13-4-3-5-14(11-13)24-20(27)15-6-1-2-7-16(15)21(24)28/h1-11H,(H,23,26). The lowest BCUT2D eigenvalue weighted by atomic mass is 10.1. The van der Waals surface area contributed by atoms with Gasteiger partial charge in [-0.1, -0.05) is 29.8 Å². The highest BCUT2D eigenvalue weighted by Gasteiger charge is 2.36. The molecule has 0 unspecified atom stereocenters. The van der Waals surface area contributed by atoms with Crippen LogP contribution >= 0.6 is 11.6 Å². The fraction of sp³-hybridized carbons (Fsp3) is 0. The lowest BCUT2D eigenvalue weighted by molar-refractivity contribution is -0.385. The summed E-state index contributed by atoms with van der Waals surface area (Å²) in [4.78, 5) is 49.4. The van der Waals surface area contributed by atoms with Crippen LogP contribution in [0.2, 0.25) is 5.02 Å². The highest BCUT2D eigenvalue weighted by molar-refractivity contribution is 6.34. The number of halogens is 1. The molecule has 1 aliphatic heterocycles. The van der Waals surface area contributed by atoms with Crippen LogP contribution in [-0.2, 0) is 0 Å². The van der Waals surface area contributed by atoms with Crippen molar-refractivity contribution >= 4 is 46.4 Å². The maximum absolute atomic E-state index is 12.6. The number of amides is 3. The molecule has 0 spiro atoms. The van der Waals surface area contributed by atoms with Gasteiger partial charge in [0.05, 0.1) is 21.7 Å². The van der Waals surface area contributed by atoms with E-state index in [-0.39, 0.29) is 22.0 Å². The van der Waals surface area contributed by atoms with E-state index in [2.05, 4.69) is 5.32 Å². The quantitative estimate of drug-likeness (QED) is 0.383. The third-order valence-electron chi connectivity index (χ3n) is 4.56. The number of rotatable bonds is 4. The van der Waals surface area contributed by atoms with E-state index in [0.29, 0.717) is 11.1 Å². The number of anilines is 2. The highest BCUT2D eigenvalue weighted by Crippen LogP contribution is 2.30. The maximum Gasteiger partial charge on any atom is 0.283 e. The first-order valence-corrected chi connectivity index (χ1v) is 9.08. The Labute approximate surface area is 174 Å². The van der Waals surface area contributed by atoms with E-state index < -0.39 is 28.3 Å². The molecule has 0 radical (unpaired) electrons. The molecule has 1 heterocycles. The molecule has 0 fully saturated rings. The van der Waals surface area contributed by atoms with Crippen LogP contribution in [-0.4, -0.2) is 22.6 Å². The molecular formula is C21H12ClN3O5. The van der Waals surface area contributed by atoms with E-state index in [9.17, 15) is 24.5 Å². The number of nitrogens with zero attached hydrogens (tertiary/aromatic N) is 2. The average Bonchev–Trinajstić information content (AvgIpc) is 2.98. The smallest absolute Gasteiger partial charge is 0.283 e. The molecule has 1 N–H and O–H groups in total. The summed E-state index contributed by atoms with van der Waals surface area (Å²) in [6.07, 6.45) is 0. The molecule has 0 aliphatic carbocycles. The number of fused-ring (bicyclic) bond motifs is 1. The summed E-state index contributed by atoms with van der Waals surface area (Å²) in [5.74, 6) is -1.65. The summed E-state index contributed by atoms with van der Waals surface area (Å²) in [6.45, 7) is 0. The van der Waals surface area contributed by atoms with Crippen LogP contribution < -0.4 is 10.2 Å². The van der Waals surface area contributed by atoms with Crippen molar-refractivity contribution in [3.63, 3.8) is 0 Å². The molecule has 0 saturated heterocycles. The van der Waals surface area contributed by atoms with Crippen molar-refractivity contribution in [2.45, 2.75) is 0 Å². The number of carbonyl (C=O) groups excluding carboxylic acids is 3. The molecular weight excluding hydrogens is 410 g/mol. The van der Waals surface area contributed by atoms with Gasteiger partial charge in [0.1, 0.15) is 5.56 Å². The summed E-state index contributed by atoms with van der Waals surface area (Å²) < 4.78 is 0. The molecule has 148 valence electrons. The molecule has 0 aromatic heterocycles. The molecule has 0 bridgehead atoms. The van der Waals surface area contributed by atoms with E-state index in [1.807, 2.05) is 0 Å². The minimum atomic E-state index is -0.724. The lowest BCUT2D eigenvalue weighted by Gasteiger charge is -2.15. The third kappa shape index (κ3) is 3.29. The second-order valence-corrected chi connectivity index (χ2v) is 6.85. The summed E-state index contributed by atoms with van der Waals surface area (Å²) >= 11 is 5.78. The molecule has 1 aliphatic rings. The Bertz CT molecular complexity index is 1210. The molecule has 3 aromatic carbocycles. The maximum atomic E-state index is 12.6. The van der Waals surface area contributed by atoms with Crippen molar-refractivity contribution in [3.8, 4) is 0 Å². The van der Waals surface area contributed by atoms with Crippen LogP contribution in [0, 0.1) is 10.1 Å². The van der Waals surface area contributed by atoms with Crippen LogP contribution in [0.25, 0.3) is 0 Å². The van der Waals surface area contributed by atoms with Gasteiger partial charge in [-0.3, -0.25) is 24.5 Å². The van der Waals surface area contributed by atoms with Gasteiger partial charge in [0.25, 0.3) is 23.4 Å². The third-order valence-corrected chi connectivity index (χ3v) is 4.79. The first-order chi connectivity index (χ1) is 14.4. The molecule has 3 amide bonds. The fourth-order valence-electron chi connectivity index (χ4n) is 3.19. The van der Waals surface area contributed by atoms with E-state index in [4.69, 9.17) is 11.6 Å². The number of nitrogens with one attached hydrogen (secondary N) is 1. The van der Waals surface area contributed by atoms with E-state index in [1.54, 1.807) is 42.5 Å². The summed E-state index contributed by atoms with van der Waals surface area (Å²) in [7, 11) is 0. The van der Waals surface area contributed by atoms with Gasteiger partial charge in [-0.15, -0.1) is 0 Å². The van der Waals surface area contributed by atoms with Gasteiger partial charge in [0.2, 0.25) is 0 Å². The second kappa shape index (κ2) is 7.41. The number of nitro benzene ring substituents is 1. The molecule has 4 rings (SSSR count). The molecule has 8 nitrogen and oxygen atoms in total. The van der Waals surface area contributed by atoms with Gasteiger partial charge in [-0.25, -0.2) is 4.90 Å². The predicted molar refractivity (Wildman–Crippen MR) is 110 cm³/mol. The Morgan fingerprint density at radius 3 is 2.23 bits per heavy atom. The fourth-order valence-corrected chi connectivity index (χ4v) is 3.36. The van der Waals surface area contributed by atoms with E-state index in [0.717, 1.165) is 11.0 Å². The van der Waals surface area contributed by atoms with Crippen molar-refractivity contribution in [1.82, 2.24) is 0 Å². The van der Waals surface area contributed by atoms with Crippen molar-refractivity contribution in [3.05, 3.63) is 98.6 Å². The summed E-state index contributed by atoms with van der Waals surface area (Å²) in [5.41, 5.74) is 0.525. The van der Waals surface area contributed by atoms with Crippen LogP contribution in [0.4, 0.5) is 17.1 Å². The van der Waals surface area contributed by atoms with Crippen LogP contribution in [0.3, 0.4) is 0 Å². The van der Waals surface area contributed by atoms with Crippen LogP contribution in [0.5, 0.6) is 0 Å². The van der Waals surface area contributed by atoms with Gasteiger partial charge >= 0.3 is 0 Å². The van der Waals surface area contributed by atoms with Gasteiger partial charge in [0, 0.05) is 16.8 Å². The van der Waals surface area contributed by atoms with Crippen molar-refractivity contribution in [2.24, 2.45) is 0 Å². The van der Waals surface area contributed by atoms with Crippen LogP contribution in [0.15, 0.2) is 66.7 Å². The largest absolute Gasteiger partial charge is 0.322 e. The first-order valence-electron chi connectivity index (χ1n) is 8.70. The Kier molecular flexibility index (Phi) is 4.77. The number of benzene rings is 3. The predicted octanol–water partition coefficient (Wildman–Crippen LogP) is 4.30. The molecule has 3 aromatic rings. The van der Waals surface area contributed by atoms with E-state index in [1.165, 1.54) is 18.2 Å². The molecule has 0 atom stereocenters. The van der Waals surface area contributed by atoms with Crippen molar-refractivity contribution in [2.75, 3.05) is 10.2 Å². The average molecular weight is 422 g/mol. The molecule has 9 heteroatoms. The molecule has 30 heavy (non-hydrogen) atoms. The zero-order chi connectivity index (χ0) is 21.4. The number of hydrogen-bond acceptors (Lipinski definition) is 5. The Balaban J connectivity index is 1.63. The molecule has 0 saturated carbocycles. The highest BCUT2D eigenvalue weighted by atomic mass is 35.5. The Morgan fingerprint density at radius 2 is 1.60 bits per heavy atom. The normalized spacial score (nSPS) is 12.6. The van der Waals surface area contributed by atoms with E-state index >= 15 is 0 Å². The SMILES string of the molecule is O=C(Nc1cccc(N2C(=O)c3ccccc3C2=O)c1)c1ccc(Cl)cc1[N+](=O)[O-]. The number of carbonyl (C=O) groups is 3. The lowest BCUT2D eigenvalue weighted by Crippen LogP contribution is -2.29. The topological polar surface area (TPSA) is 110 Å².